The van der Waals surface area contributed by atoms with Gasteiger partial charge in [-0.3, -0.25) is 4.79 Å². The monoisotopic (exact) mass is 239 g/mol. The SMILES string of the molecule is O=C1CCC2C(Cl)Sc3ccccc3N12. The molecule has 1 fully saturated rings. The number of para-hydroxylation sites is 1. The molecule has 1 saturated heterocycles. The average molecular weight is 240 g/mol. The van der Waals surface area contributed by atoms with Crippen molar-refractivity contribution >= 4 is 35.0 Å². The number of amides is 1. The standard InChI is InChI=1S/C11H10ClNOS/c12-11-8-5-6-10(14)13(8)7-3-1-2-4-9(7)15-11/h1-4,8,11H,5-6H2. The molecule has 2 atom stereocenters. The molecule has 0 saturated carbocycles. The van der Waals surface area contributed by atoms with Crippen LogP contribution in [0.2, 0.25) is 0 Å². The van der Waals surface area contributed by atoms with E-state index in [4.69, 9.17) is 11.6 Å². The lowest BCUT2D eigenvalue weighted by Gasteiger charge is -2.34. The molecule has 2 nitrogen and oxygen atoms in total. The van der Waals surface area contributed by atoms with Gasteiger partial charge < -0.3 is 4.90 Å². The van der Waals surface area contributed by atoms with E-state index in [0.29, 0.717) is 6.42 Å². The summed E-state index contributed by atoms with van der Waals surface area (Å²) in [7, 11) is 0. The summed E-state index contributed by atoms with van der Waals surface area (Å²) in [6.07, 6.45) is 1.51. The zero-order valence-corrected chi connectivity index (χ0v) is 9.59. The average Bonchev–Trinajstić information content (AvgIpc) is 2.62. The van der Waals surface area contributed by atoms with Crippen LogP contribution in [0.4, 0.5) is 5.69 Å². The summed E-state index contributed by atoms with van der Waals surface area (Å²) in [5.74, 6) is 0.207. The number of alkyl halides is 1. The minimum atomic E-state index is -0.00801. The molecule has 4 heteroatoms. The molecule has 2 heterocycles. The van der Waals surface area contributed by atoms with Gasteiger partial charge in [0, 0.05) is 11.3 Å². The fourth-order valence-electron chi connectivity index (χ4n) is 2.22. The highest BCUT2D eigenvalue weighted by Gasteiger charge is 2.41. The second-order valence-corrected chi connectivity index (χ2v) is 5.72. The third-order valence-corrected chi connectivity index (χ3v) is 4.62. The summed E-state index contributed by atoms with van der Waals surface area (Å²) in [6, 6.07) is 8.16. The van der Waals surface area contributed by atoms with E-state index in [9.17, 15) is 4.79 Å². The summed E-state index contributed by atoms with van der Waals surface area (Å²) in [4.78, 5) is 14.8. The maximum Gasteiger partial charge on any atom is 0.227 e. The van der Waals surface area contributed by atoms with Crippen LogP contribution in [0.3, 0.4) is 0 Å². The number of carbonyl (C=O) groups is 1. The Hall–Kier alpha value is -0.670. The molecule has 2 unspecified atom stereocenters. The highest BCUT2D eigenvalue weighted by atomic mass is 35.5. The summed E-state index contributed by atoms with van der Waals surface area (Å²) in [6.45, 7) is 0. The number of halogens is 1. The number of nitrogens with zero attached hydrogens (tertiary/aromatic N) is 1. The van der Waals surface area contributed by atoms with Crippen LogP contribution in [-0.4, -0.2) is 16.7 Å². The number of hydrogen-bond donors (Lipinski definition) is 0. The molecule has 0 aliphatic carbocycles. The third kappa shape index (κ3) is 1.37. The number of carbonyl (C=O) groups excluding carboxylic acids is 1. The van der Waals surface area contributed by atoms with Gasteiger partial charge >= 0.3 is 0 Å². The Kier molecular flexibility index (Phi) is 2.18. The van der Waals surface area contributed by atoms with Crippen molar-refractivity contribution in [3.8, 4) is 0 Å². The zero-order chi connectivity index (χ0) is 10.4. The van der Waals surface area contributed by atoms with Crippen molar-refractivity contribution in [3.05, 3.63) is 24.3 Å². The molecule has 78 valence electrons. The number of thioether (sulfide) groups is 1. The lowest BCUT2D eigenvalue weighted by atomic mass is 10.2. The van der Waals surface area contributed by atoms with Crippen LogP contribution in [0.25, 0.3) is 0 Å². The van der Waals surface area contributed by atoms with Crippen LogP contribution < -0.4 is 4.90 Å². The Morgan fingerprint density at radius 2 is 2.20 bits per heavy atom. The maximum absolute atomic E-state index is 11.8. The predicted octanol–water partition coefficient (Wildman–Crippen LogP) is 2.85. The minimum absolute atomic E-state index is 0.00801. The lowest BCUT2D eigenvalue weighted by molar-refractivity contribution is -0.117. The molecule has 15 heavy (non-hydrogen) atoms. The summed E-state index contributed by atoms with van der Waals surface area (Å²) >= 11 is 7.94. The van der Waals surface area contributed by atoms with Gasteiger partial charge in [-0.1, -0.05) is 12.1 Å². The Bertz CT molecular complexity index is 423. The van der Waals surface area contributed by atoms with Crippen molar-refractivity contribution in [2.24, 2.45) is 0 Å². The fourth-order valence-corrected chi connectivity index (χ4v) is 3.85. The topological polar surface area (TPSA) is 20.3 Å². The second-order valence-electron chi connectivity index (χ2n) is 3.81. The largest absolute Gasteiger partial charge is 0.306 e. The van der Waals surface area contributed by atoms with Crippen LogP contribution in [0.15, 0.2) is 29.2 Å². The van der Waals surface area contributed by atoms with Gasteiger partial charge in [0.2, 0.25) is 5.91 Å². The predicted molar refractivity (Wildman–Crippen MR) is 62.4 cm³/mol. The first kappa shape index (κ1) is 9.55. The molecule has 1 aromatic carbocycles. The maximum atomic E-state index is 11.8. The second kappa shape index (κ2) is 3.42. The van der Waals surface area contributed by atoms with E-state index in [-0.39, 0.29) is 16.7 Å². The van der Waals surface area contributed by atoms with E-state index >= 15 is 0 Å². The summed E-state index contributed by atoms with van der Waals surface area (Å²) < 4.78 is -0.00801. The van der Waals surface area contributed by atoms with Gasteiger partial charge in [-0.15, -0.1) is 23.4 Å². The van der Waals surface area contributed by atoms with Crippen molar-refractivity contribution in [3.63, 3.8) is 0 Å². The zero-order valence-electron chi connectivity index (χ0n) is 8.02. The van der Waals surface area contributed by atoms with E-state index in [1.54, 1.807) is 11.8 Å². The highest BCUT2D eigenvalue weighted by Crippen LogP contribution is 2.46. The van der Waals surface area contributed by atoms with E-state index < -0.39 is 0 Å². The normalized spacial score (nSPS) is 28.9. The van der Waals surface area contributed by atoms with Gasteiger partial charge in [0.15, 0.2) is 0 Å². The first-order valence-corrected chi connectivity index (χ1v) is 6.31. The molecule has 1 aromatic rings. The minimum Gasteiger partial charge on any atom is -0.306 e. The van der Waals surface area contributed by atoms with E-state index in [2.05, 4.69) is 0 Å². The number of anilines is 1. The number of hydrogen-bond acceptors (Lipinski definition) is 2. The lowest BCUT2D eigenvalue weighted by Crippen LogP contribution is -2.40. The Labute approximate surface area is 97.6 Å². The van der Waals surface area contributed by atoms with Crippen LogP contribution in [0, 0.1) is 0 Å². The summed E-state index contributed by atoms with van der Waals surface area (Å²) in [5.41, 5.74) is 1.03. The Morgan fingerprint density at radius 3 is 3.07 bits per heavy atom. The molecule has 0 N–H and O–H groups in total. The van der Waals surface area contributed by atoms with Crippen molar-refractivity contribution in [1.82, 2.24) is 0 Å². The van der Waals surface area contributed by atoms with Crippen LogP contribution in [0.5, 0.6) is 0 Å². The van der Waals surface area contributed by atoms with Gasteiger partial charge in [-0.2, -0.15) is 0 Å². The molecule has 0 bridgehead atoms. The van der Waals surface area contributed by atoms with Gasteiger partial charge in [-0.25, -0.2) is 0 Å². The molecule has 1 amide bonds. The van der Waals surface area contributed by atoms with Crippen molar-refractivity contribution in [1.29, 1.82) is 0 Å². The first-order valence-electron chi connectivity index (χ1n) is 4.99. The molecular formula is C11H10ClNOS. The van der Waals surface area contributed by atoms with E-state index in [0.717, 1.165) is 17.0 Å². The quantitative estimate of drug-likeness (QED) is 0.649. The number of benzene rings is 1. The highest BCUT2D eigenvalue weighted by molar-refractivity contribution is 8.01. The third-order valence-electron chi connectivity index (χ3n) is 2.92. The van der Waals surface area contributed by atoms with Gasteiger partial charge in [0.1, 0.15) is 4.71 Å². The Balaban J connectivity index is 2.12. The van der Waals surface area contributed by atoms with E-state index in [1.807, 2.05) is 29.2 Å². The van der Waals surface area contributed by atoms with Crippen molar-refractivity contribution < 1.29 is 4.79 Å². The fraction of sp³-hybridized carbons (Fsp3) is 0.364. The molecule has 0 spiro atoms. The van der Waals surface area contributed by atoms with Gasteiger partial charge in [-0.05, 0) is 18.6 Å². The Morgan fingerprint density at radius 1 is 1.40 bits per heavy atom. The number of rotatable bonds is 0. The molecule has 2 aliphatic rings. The van der Waals surface area contributed by atoms with Crippen LogP contribution in [0.1, 0.15) is 12.8 Å². The smallest absolute Gasteiger partial charge is 0.227 e. The van der Waals surface area contributed by atoms with Crippen molar-refractivity contribution in [2.45, 2.75) is 28.5 Å². The molecule has 0 radical (unpaired) electrons. The summed E-state index contributed by atoms with van der Waals surface area (Å²) in [5, 5.41) is 0. The molecule has 0 aromatic heterocycles. The molecule has 2 aliphatic heterocycles. The number of fused-ring (bicyclic) bond motifs is 3. The van der Waals surface area contributed by atoms with Crippen LogP contribution in [-0.2, 0) is 4.79 Å². The van der Waals surface area contributed by atoms with Crippen molar-refractivity contribution in [2.75, 3.05) is 4.90 Å². The van der Waals surface area contributed by atoms with E-state index in [1.165, 1.54) is 0 Å². The van der Waals surface area contributed by atoms with Gasteiger partial charge in [0.25, 0.3) is 0 Å². The first-order chi connectivity index (χ1) is 7.27. The molecule has 3 rings (SSSR count). The van der Waals surface area contributed by atoms with Crippen LogP contribution >= 0.6 is 23.4 Å². The van der Waals surface area contributed by atoms with Gasteiger partial charge in [0.05, 0.1) is 11.7 Å². The molecular weight excluding hydrogens is 230 g/mol.